The smallest absolute Gasteiger partial charge is 0.369 e. The molecule has 0 aliphatic carbocycles. The Hall–Kier alpha value is -1.88. The van der Waals surface area contributed by atoms with Crippen LogP contribution in [0.3, 0.4) is 0 Å². The summed E-state index contributed by atoms with van der Waals surface area (Å²) >= 11 is 0. The zero-order valence-corrected chi connectivity index (χ0v) is 18.7. The van der Waals surface area contributed by atoms with Crippen molar-refractivity contribution >= 4 is 25.0 Å². The Bertz CT molecular complexity index is 739. The lowest BCUT2D eigenvalue weighted by Crippen LogP contribution is -2.53. The Morgan fingerprint density at radius 1 is 0.815 bits per heavy atom. The third-order valence-corrected chi connectivity index (χ3v) is 7.64. The summed E-state index contributed by atoms with van der Waals surface area (Å²) in [5.74, 6) is 0. The van der Waals surface area contributed by atoms with Gasteiger partial charge in [-0.05, 0) is 68.3 Å². The molecular weight excluding hydrogens is 350 g/mol. The predicted octanol–water partition coefficient (Wildman–Crippen LogP) is 4.94. The molecule has 0 fully saturated rings. The van der Waals surface area contributed by atoms with Gasteiger partial charge in [0.05, 0.1) is 0 Å². The molecular formula is C23H33NO2Si. The first-order chi connectivity index (χ1) is 12.6. The summed E-state index contributed by atoms with van der Waals surface area (Å²) in [5, 5.41) is 1.14. The second-order valence-corrected chi connectivity index (χ2v) is 10.7. The lowest BCUT2D eigenvalue weighted by Gasteiger charge is -2.31. The van der Waals surface area contributed by atoms with E-state index in [9.17, 15) is 0 Å². The topological polar surface area (TPSA) is 21.7 Å². The molecule has 0 bridgehead atoms. The van der Waals surface area contributed by atoms with Crippen molar-refractivity contribution in [1.29, 1.82) is 0 Å². The maximum atomic E-state index is 6.24. The van der Waals surface area contributed by atoms with Gasteiger partial charge in [0.1, 0.15) is 0 Å². The molecule has 0 amide bonds. The van der Waals surface area contributed by atoms with Crippen LogP contribution in [-0.2, 0) is 8.85 Å². The average molecular weight is 384 g/mol. The largest absolute Gasteiger partial charge is 0.389 e. The van der Waals surface area contributed by atoms with Crippen molar-refractivity contribution in [2.75, 3.05) is 19.0 Å². The van der Waals surface area contributed by atoms with E-state index < -0.39 is 8.56 Å². The van der Waals surface area contributed by atoms with Crippen molar-refractivity contribution in [3.63, 3.8) is 0 Å². The summed E-state index contributed by atoms with van der Waals surface area (Å²) in [6, 6.07) is 17.0. The summed E-state index contributed by atoms with van der Waals surface area (Å²) in [6.07, 6.45) is 0.260. The second kappa shape index (κ2) is 8.87. The fraction of sp³-hybridized carbons (Fsp3) is 0.391. The number of hydrogen-bond donors (Lipinski definition) is 0. The minimum Gasteiger partial charge on any atom is -0.389 e. The molecule has 0 aromatic heterocycles. The Kier molecular flexibility index (Phi) is 7.04. The lowest BCUT2D eigenvalue weighted by atomic mass is 9.99. The highest BCUT2D eigenvalue weighted by Crippen LogP contribution is 2.24. The number of hydrogen-bond acceptors (Lipinski definition) is 3. The molecule has 0 saturated heterocycles. The van der Waals surface area contributed by atoms with E-state index >= 15 is 0 Å². The maximum absolute atomic E-state index is 6.24. The minimum atomic E-state index is -2.44. The van der Waals surface area contributed by atoms with Crippen molar-refractivity contribution in [3.8, 4) is 0 Å². The zero-order chi connectivity index (χ0) is 20.2. The van der Waals surface area contributed by atoms with Crippen molar-refractivity contribution in [1.82, 2.24) is 0 Å². The Morgan fingerprint density at radius 2 is 1.22 bits per heavy atom. The minimum absolute atomic E-state index is 0.130. The van der Waals surface area contributed by atoms with E-state index in [1.807, 2.05) is 14.1 Å². The average Bonchev–Trinajstić information content (AvgIpc) is 2.60. The monoisotopic (exact) mass is 383 g/mol. The third-order valence-electron chi connectivity index (χ3n) is 4.41. The SMILES string of the molecule is C=C(c1ccc(N(C)C)cc1)c1ccc([Si](C)(OC(C)C)OC(C)C)cc1. The molecule has 0 radical (unpaired) electrons. The van der Waals surface area contributed by atoms with Gasteiger partial charge in [0.25, 0.3) is 0 Å². The molecule has 0 aliphatic heterocycles. The quantitative estimate of drug-likeness (QED) is 0.603. The maximum Gasteiger partial charge on any atom is 0.369 e. The number of nitrogens with zero attached hydrogens (tertiary/aromatic N) is 1. The van der Waals surface area contributed by atoms with Gasteiger partial charge in [-0.1, -0.05) is 43.0 Å². The highest BCUT2D eigenvalue weighted by molar-refractivity contribution is 6.80. The Morgan fingerprint density at radius 3 is 1.59 bits per heavy atom. The van der Waals surface area contributed by atoms with Crippen LogP contribution in [0.2, 0.25) is 6.55 Å². The van der Waals surface area contributed by atoms with Crippen LogP contribution in [0.4, 0.5) is 5.69 Å². The number of rotatable bonds is 8. The first-order valence-corrected chi connectivity index (χ1v) is 11.9. The van der Waals surface area contributed by atoms with Crippen LogP contribution in [0.1, 0.15) is 38.8 Å². The summed E-state index contributed by atoms with van der Waals surface area (Å²) in [7, 11) is 1.64. The van der Waals surface area contributed by atoms with Gasteiger partial charge in [0, 0.05) is 32.0 Å². The standard InChI is InChI=1S/C23H33NO2Si/c1-17(2)25-27(8,26-18(3)4)23-15-11-21(12-16-23)19(5)20-9-13-22(14-10-20)24(6)7/h9-18H,5H2,1-4,6-8H3. The molecule has 0 saturated carbocycles. The van der Waals surface area contributed by atoms with Crippen LogP contribution in [0, 0.1) is 0 Å². The van der Waals surface area contributed by atoms with E-state index in [1.54, 1.807) is 0 Å². The normalized spacial score (nSPS) is 11.9. The van der Waals surface area contributed by atoms with Gasteiger partial charge in [-0.2, -0.15) is 0 Å². The Labute approximate surface area is 165 Å². The molecule has 146 valence electrons. The highest BCUT2D eigenvalue weighted by Gasteiger charge is 2.36. The molecule has 0 heterocycles. The van der Waals surface area contributed by atoms with Crippen LogP contribution in [0.15, 0.2) is 55.1 Å². The summed E-state index contributed by atoms with van der Waals surface area (Å²) < 4.78 is 12.5. The van der Waals surface area contributed by atoms with Gasteiger partial charge in [0.2, 0.25) is 0 Å². The van der Waals surface area contributed by atoms with Gasteiger partial charge in [-0.3, -0.25) is 0 Å². The number of benzene rings is 2. The van der Waals surface area contributed by atoms with Crippen LogP contribution in [0.5, 0.6) is 0 Å². The van der Waals surface area contributed by atoms with Gasteiger partial charge in [0.15, 0.2) is 0 Å². The summed E-state index contributed by atoms with van der Waals surface area (Å²) in [6.45, 7) is 14.6. The molecule has 0 atom stereocenters. The zero-order valence-electron chi connectivity index (χ0n) is 17.7. The molecule has 2 aromatic carbocycles. The van der Waals surface area contributed by atoms with Crippen molar-refractivity contribution in [2.24, 2.45) is 0 Å². The molecule has 0 N–H and O–H groups in total. The van der Waals surface area contributed by atoms with Crippen LogP contribution >= 0.6 is 0 Å². The first kappa shape index (κ1) is 21.4. The van der Waals surface area contributed by atoms with Crippen molar-refractivity contribution in [3.05, 3.63) is 66.2 Å². The van der Waals surface area contributed by atoms with E-state index in [0.717, 1.165) is 21.9 Å². The molecule has 4 heteroatoms. The molecule has 0 unspecified atom stereocenters. The van der Waals surface area contributed by atoms with Crippen molar-refractivity contribution < 1.29 is 8.85 Å². The van der Waals surface area contributed by atoms with E-state index in [4.69, 9.17) is 8.85 Å². The van der Waals surface area contributed by atoms with E-state index in [0.29, 0.717) is 0 Å². The summed E-state index contributed by atoms with van der Waals surface area (Å²) in [5.41, 5.74) is 4.44. The van der Waals surface area contributed by atoms with E-state index in [-0.39, 0.29) is 12.2 Å². The van der Waals surface area contributed by atoms with E-state index in [2.05, 4.69) is 94.3 Å². The summed E-state index contributed by atoms with van der Waals surface area (Å²) in [4.78, 5) is 2.09. The highest BCUT2D eigenvalue weighted by atomic mass is 28.4. The van der Waals surface area contributed by atoms with Crippen LogP contribution in [-0.4, -0.2) is 34.9 Å². The van der Waals surface area contributed by atoms with Crippen molar-refractivity contribution in [2.45, 2.75) is 46.4 Å². The Balaban J connectivity index is 2.25. The molecule has 0 spiro atoms. The second-order valence-electron chi connectivity index (χ2n) is 7.78. The molecule has 2 rings (SSSR count). The molecule has 0 aliphatic rings. The van der Waals surface area contributed by atoms with Crippen LogP contribution in [0.25, 0.3) is 5.57 Å². The lowest BCUT2D eigenvalue weighted by molar-refractivity contribution is 0.120. The van der Waals surface area contributed by atoms with Gasteiger partial charge in [-0.15, -0.1) is 0 Å². The fourth-order valence-corrected chi connectivity index (χ4v) is 6.06. The van der Waals surface area contributed by atoms with E-state index in [1.165, 1.54) is 5.69 Å². The van der Waals surface area contributed by atoms with Gasteiger partial charge >= 0.3 is 8.56 Å². The molecule has 27 heavy (non-hydrogen) atoms. The van der Waals surface area contributed by atoms with Gasteiger partial charge < -0.3 is 13.8 Å². The van der Waals surface area contributed by atoms with Crippen LogP contribution < -0.4 is 10.1 Å². The third kappa shape index (κ3) is 5.55. The number of anilines is 1. The first-order valence-electron chi connectivity index (χ1n) is 9.55. The fourth-order valence-electron chi connectivity index (χ4n) is 3.17. The van der Waals surface area contributed by atoms with Gasteiger partial charge in [-0.25, -0.2) is 0 Å². The predicted molar refractivity (Wildman–Crippen MR) is 119 cm³/mol. The molecule has 3 nitrogen and oxygen atoms in total. The molecule has 2 aromatic rings.